The molecule has 2 unspecified atom stereocenters. The summed E-state index contributed by atoms with van der Waals surface area (Å²) in [4.78, 5) is 0. The normalized spacial score (nSPS) is 26.8. The van der Waals surface area contributed by atoms with E-state index in [2.05, 4.69) is 12.2 Å². The molecule has 1 aliphatic rings. The maximum Gasteiger partial charge on any atom is 0.141 e. The zero-order chi connectivity index (χ0) is 10.1. The molecule has 1 aliphatic heterocycles. The van der Waals surface area contributed by atoms with E-state index in [4.69, 9.17) is 11.6 Å². The van der Waals surface area contributed by atoms with Crippen molar-refractivity contribution < 1.29 is 4.39 Å². The van der Waals surface area contributed by atoms with Crippen LogP contribution in [0, 0.1) is 11.7 Å². The lowest BCUT2D eigenvalue weighted by molar-refractivity contribution is 0.604. The van der Waals surface area contributed by atoms with Gasteiger partial charge >= 0.3 is 0 Å². The summed E-state index contributed by atoms with van der Waals surface area (Å²) in [6.07, 6.45) is 1.10. The molecule has 0 aromatic heterocycles. The van der Waals surface area contributed by atoms with E-state index in [9.17, 15) is 4.39 Å². The van der Waals surface area contributed by atoms with Gasteiger partial charge in [0.2, 0.25) is 0 Å². The van der Waals surface area contributed by atoms with Gasteiger partial charge in [-0.25, -0.2) is 4.39 Å². The molecule has 0 saturated carbocycles. The second-order valence-corrected chi connectivity index (χ2v) is 4.38. The Morgan fingerprint density at radius 1 is 1.50 bits per heavy atom. The van der Waals surface area contributed by atoms with E-state index in [0.29, 0.717) is 12.0 Å². The Morgan fingerprint density at radius 3 is 2.86 bits per heavy atom. The fourth-order valence-electron chi connectivity index (χ4n) is 1.90. The molecule has 1 heterocycles. The standard InChI is InChI=1S/C11H13ClFN/c1-7-4-11(14-6-7)8-2-3-10(13)9(12)5-8/h2-3,5,7,11,14H,4,6H2,1H3. The lowest BCUT2D eigenvalue weighted by atomic mass is 10.0. The van der Waals surface area contributed by atoms with Crippen molar-refractivity contribution in [3.63, 3.8) is 0 Å². The summed E-state index contributed by atoms with van der Waals surface area (Å²) in [6.45, 7) is 3.23. The molecule has 0 aliphatic carbocycles. The van der Waals surface area contributed by atoms with Crippen LogP contribution in [0.25, 0.3) is 0 Å². The molecular weight excluding hydrogens is 201 g/mol. The van der Waals surface area contributed by atoms with Crippen LogP contribution in [0.1, 0.15) is 24.9 Å². The van der Waals surface area contributed by atoms with E-state index < -0.39 is 0 Å². The van der Waals surface area contributed by atoms with Crippen LogP contribution in [-0.2, 0) is 0 Å². The molecule has 76 valence electrons. The van der Waals surface area contributed by atoms with Gasteiger partial charge < -0.3 is 5.32 Å². The topological polar surface area (TPSA) is 12.0 Å². The van der Waals surface area contributed by atoms with Crippen LogP contribution < -0.4 is 5.32 Å². The molecule has 1 aromatic rings. The van der Waals surface area contributed by atoms with E-state index in [1.54, 1.807) is 12.1 Å². The molecule has 0 radical (unpaired) electrons. The van der Waals surface area contributed by atoms with Crippen LogP contribution >= 0.6 is 11.6 Å². The smallest absolute Gasteiger partial charge is 0.141 e. The van der Waals surface area contributed by atoms with E-state index in [-0.39, 0.29) is 10.8 Å². The highest BCUT2D eigenvalue weighted by Crippen LogP contribution is 2.28. The second kappa shape index (κ2) is 3.87. The monoisotopic (exact) mass is 213 g/mol. The first-order chi connectivity index (χ1) is 6.66. The number of benzene rings is 1. The van der Waals surface area contributed by atoms with Crippen molar-refractivity contribution in [3.05, 3.63) is 34.6 Å². The first-order valence-electron chi connectivity index (χ1n) is 4.85. The lowest BCUT2D eigenvalue weighted by Gasteiger charge is -2.10. The molecule has 1 N–H and O–H groups in total. The number of rotatable bonds is 1. The Bertz CT molecular complexity index is 340. The summed E-state index contributed by atoms with van der Waals surface area (Å²) >= 11 is 5.73. The summed E-state index contributed by atoms with van der Waals surface area (Å²) in [7, 11) is 0. The minimum Gasteiger partial charge on any atom is -0.310 e. The maximum absolute atomic E-state index is 12.9. The molecule has 3 heteroatoms. The maximum atomic E-state index is 12.9. The summed E-state index contributed by atoms with van der Waals surface area (Å²) in [6, 6.07) is 5.29. The van der Waals surface area contributed by atoms with Gasteiger partial charge in [0.05, 0.1) is 5.02 Å². The fraction of sp³-hybridized carbons (Fsp3) is 0.455. The second-order valence-electron chi connectivity index (χ2n) is 3.98. The van der Waals surface area contributed by atoms with Crippen molar-refractivity contribution in [1.29, 1.82) is 0 Å². The summed E-state index contributed by atoms with van der Waals surface area (Å²) in [5, 5.41) is 3.60. The molecule has 2 atom stereocenters. The van der Waals surface area contributed by atoms with E-state index in [0.717, 1.165) is 18.5 Å². The van der Waals surface area contributed by atoms with Gasteiger partial charge in [-0.05, 0) is 36.6 Å². The van der Waals surface area contributed by atoms with Crippen molar-refractivity contribution in [3.8, 4) is 0 Å². The average Bonchev–Trinajstić information content (AvgIpc) is 2.57. The van der Waals surface area contributed by atoms with Gasteiger partial charge in [0.25, 0.3) is 0 Å². The van der Waals surface area contributed by atoms with Crippen molar-refractivity contribution >= 4 is 11.6 Å². The first kappa shape index (κ1) is 9.94. The first-order valence-corrected chi connectivity index (χ1v) is 5.23. The van der Waals surface area contributed by atoms with Gasteiger partial charge in [0.15, 0.2) is 0 Å². The van der Waals surface area contributed by atoms with E-state index >= 15 is 0 Å². The molecule has 14 heavy (non-hydrogen) atoms. The van der Waals surface area contributed by atoms with Crippen LogP contribution in [0.3, 0.4) is 0 Å². The predicted molar refractivity (Wildman–Crippen MR) is 55.9 cm³/mol. The Kier molecular flexibility index (Phi) is 2.75. The summed E-state index contributed by atoms with van der Waals surface area (Å²) < 4.78 is 12.9. The third-order valence-electron chi connectivity index (χ3n) is 2.70. The zero-order valence-corrected chi connectivity index (χ0v) is 8.81. The van der Waals surface area contributed by atoms with E-state index in [1.807, 2.05) is 0 Å². The molecule has 1 saturated heterocycles. The van der Waals surface area contributed by atoms with Gasteiger partial charge in [0.1, 0.15) is 5.82 Å². The number of hydrogen-bond acceptors (Lipinski definition) is 1. The molecular formula is C11H13ClFN. The molecule has 1 aromatic carbocycles. The van der Waals surface area contributed by atoms with Gasteiger partial charge in [0, 0.05) is 6.04 Å². The highest BCUT2D eigenvalue weighted by molar-refractivity contribution is 6.30. The van der Waals surface area contributed by atoms with Crippen LogP contribution in [0.15, 0.2) is 18.2 Å². The Labute approximate surface area is 88.3 Å². The predicted octanol–water partition coefficient (Wildman–Crippen LogP) is 3.15. The van der Waals surface area contributed by atoms with Crippen molar-refractivity contribution in [2.24, 2.45) is 5.92 Å². The van der Waals surface area contributed by atoms with Crippen molar-refractivity contribution in [2.45, 2.75) is 19.4 Å². The third-order valence-corrected chi connectivity index (χ3v) is 2.99. The molecule has 0 bridgehead atoms. The van der Waals surface area contributed by atoms with E-state index in [1.165, 1.54) is 6.07 Å². The van der Waals surface area contributed by atoms with Crippen molar-refractivity contribution in [2.75, 3.05) is 6.54 Å². The van der Waals surface area contributed by atoms with Gasteiger partial charge in [-0.2, -0.15) is 0 Å². The Morgan fingerprint density at radius 2 is 2.29 bits per heavy atom. The van der Waals surface area contributed by atoms with Gasteiger partial charge in [-0.15, -0.1) is 0 Å². The van der Waals surface area contributed by atoms with Crippen LogP contribution in [0.2, 0.25) is 5.02 Å². The number of nitrogens with one attached hydrogen (secondary N) is 1. The average molecular weight is 214 g/mol. The van der Waals surface area contributed by atoms with Crippen molar-refractivity contribution in [1.82, 2.24) is 5.32 Å². The quantitative estimate of drug-likeness (QED) is 0.756. The molecule has 0 amide bonds. The largest absolute Gasteiger partial charge is 0.310 e. The molecule has 0 spiro atoms. The number of hydrogen-bond donors (Lipinski definition) is 1. The fourth-order valence-corrected chi connectivity index (χ4v) is 2.08. The van der Waals surface area contributed by atoms with Crippen LogP contribution in [0.5, 0.6) is 0 Å². The number of halogens is 2. The molecule has 1 fully saturated rings. The minimum absolute atomic E-state index is 0.212. The highest BCUT2D eigenvalue weighted by atomic mass is 35.5. The van der Waals surface area contributed by atoms with Gasteiger partial charge in [-0.3, -0.25) is 0 Å². The third kappa shape index (κ3) is 1.91. The Hall–Kier alpha value is -0.600. The molecule has 2 rings (SSSR count). The lowest BCUT2D eigenvalue weighted by Crippen LogP contribution is -2.13. The van der Waals surface area contributed by atoms with Crippen LogP contribution in [-0.4, -0.2) is 6.54 Å². The SMILES string of the molecule is CC1CNC(c2ccc(F)c(Cl)c2)C1. The Balaban J connectivity index is 2.20. The highest BCUT2D eigenvalue weighted by Gasteiger charge is 2.22. The minimum atomic E-state index is -0.346. The molecule has 1 nitrogen and oxygen atoms in total. The summed E-state index contributed by atoms with van der Waals surface area (Å²) in [5.74, 6) is 0.338. The summed E-state index contributed by atoms with van der Waals surface area (Å²) in [5.41, 5.74) is 1.08. The van der Waals surface area contributed by atoms with Crippen LogP contribution in [0.4, 0.5) is 4.39 Å². The zero-order valence-electron chi connectivity index (χ0n) is 8.06. The van der Waals surface area contributed by atoms with Gasteiger partial charge in [-0.1, -0.05) is 24.6 Å².